The van der Waals surface area contributed by atoms with Crippen LogP contribution in [0.5, 0.6) is 0 Å². The number of fused-ring (bicyclic) bond motifs is 1. The largest absolute Gasteiger partial charge is 0.288 e. The van der Waals surface area contributed by atoms with Crippen molar-refractivity contribution in [1.29, 1.82) is 0 Å². The summed E-state index contributed by atoms with van der Waals surface area (Å²) in [7, 11) is -1.02. The van der Waals surface area contributed by atoms with Crippen LogP contribution in [-0.4, -0.2) is 36.4 Å². The maximum atomic E-state index is 13.0. The molecule has 1 atom stereocenters. The van der Waals surface area contributed by atoms with Gasteiger partial charge in [0.25, 0.3) is 5.91 Å². The van der Waals surface area contributed by atoms with E-state index in [0.29, 0.717) is 16.1 Å². The molecule has 2 heterocycles. The Labute approximate surface area is 163 Å². The smallest absolute Gasteiger partial charge is 0.266 e. The Balaban J connectivity index is 2.19. The first-order chi connectivity index (χ1) is 12.7. The van der Waals surface area contributed by atoms with Gasteiger partial charge >= 0.3 is 0 Å². The van der Waals surface area contributed by atoms with E-state index in [2.05, 4.69) is 28.3 Å². The van der Waals surface area contributed by atoms with Crippen molar-refractivity contribution in [3.63, 3.8) is 0 Å². The van der Waals surface area contributed by atoms with Crippen molar-refractivity contribution in [3.8, 4) is 0 Å². The quantitative estimate of drug-likeness (QED) is 0.615. The third kappa shape index (κ3) is 3.91. The number of aromatic nitrogens is 3. The van der Waals surface area contributed by atoms with Crippen molar-refractivity contribution in [2.75, 3.05) is 6.26 Å². The Kier molecular flexibility index (Phi) is 5.39. The third-order valence-corrected chi connectivity index (χ3v) is 6.79. The number of amides is 1. The summed E-state index contributed by atoms with van der Waals surface area (Å²) in [5.74, 6) is -0.521. The second-order valence-electron chi connectivity index (χ2n) is 6.59. The minimum atomic E-state index is -2.84. The topological polar surface area (TPSA) is 77.2 Å². The minimum absolute atomic E-state index is 0.252. The van der Waals surface area contributed by atoms with Crippen LogP contribution in [0.2, 0.25) is 0 Å². The van der Waals surface area contributed by atoms with Crippen LogP contribution < -0.4 is 0 Å². The number of hydrogen-bond acceptors (Lipinski definition) is 5. The van der Waals surface area contributed by atoms with Gasteiger partial charge in [-0.1, -0.05) is 32.0 Å². The molecule has 142 valence electrons. The Morgan fingerprint density at radius 3 is 2.56 bits per heavy atom. The molecule has 0 fully saturated rings. The molecule has 0 saturated heterocycles. The van der Waals surface area contributed by atoms with E-state index < -0.39 is 15.6 Å². The fraction of sp³-hybridized carbons (Fsp3) is 0.316. The summed E-state index contributed by atoms with van der Waals surface area (Å²) in [6.45, 7) is 6.01. The van der Waals surface area contributed by atoms with Gasteiger partial charge in [0.05, 0.1) is 26.4 Å². The normalized spacial score (nSPS) is 13.7. The summed E-state index contributed by atoms with van der Waals surface area (Å²) in [4.78, 5) is 18.7. The standard InChI is InChI=1S/C19H22N4O2S2/c1-12(2)26-17-15(11-20-18-16(17)13(3)21-23(18)4)19(24)22-27(5,25)14-9-7-6-8-10-14/h6-12H,1-5H3. The Morgan fingerprint density at radius 2 is 1.93 bits per heavy atom. The van der Waals surface area contributed by atoms with Gasteiger partial charge < -0.3 is 0 Å². The molecule has 0 N–H and O–H groups in total. The molecule has 1 amide bonds. The van der Waals surface area contributed by atoms with Gasteiger partial charge in [0.1, 0.15) is 0 Å². The van der Waals surface area contributed by atoms with Crippen LogP contribution in [0.1, 0.15) is 29.9 Å². The van der Waals surface area contributed by atoms with E-state index in [-0.39, 0.29) is 5.25 Å². The highest BCUT2D eigenvalue weighted by Gasteiger charge is 2.22. The molecule has 0 aliphatic heterocycles. The number of pyridine rings is 1. The lowest BCUT2D eigenvalue weighted by molar-refractivity contribution is 0.100. The monoisotopic (exact) mass is 402 g/mol. The fourth-order valence-corrected chi connectivity index (χ4v) is 5.10. The van der Waals surface area contributed by atoms with E-state index in [1.807, 2.05) is 20.0 Å². The van der Waals surface area contributed by atoms with E-state index in [1.165, 1.54) is 12.5 Å². The van der Waals surface area contributed by atoms with Gasteiger partial charge in [-0.15, -0.1) is 11.8 Å². The number of carbonyl (C=O) groups excluding carboxylic acids is 1. The van der Waals surface area contributed by atoms with Crippen molar-refractivity contribution < 1.29 is 9.00 Å². The highest BCUT2D eigenvalue weighted by Crippen LogP contribution is 2.35. The van der Waals surface area contributed by atoms with Crippen LogP contribution in [0.4, 0.5) is 0 Å². The molecule has 0 spiro atoms. The minimum Gasteiger partial charge on any atom is -0.266 e. The second-order valence-corrected chi connectivity index (χ2v) is 10.4. The molecule has 0 bridgehead atoms. The van der Waals surface area contributed by atoms with Crippen molar-refractivity contribution in [2.45, 2.75) is 35.8 Å². The molecule has 3 rings (SSSR count). The molecule has 1 unspecified atom stereocenters. The Morgan fingerprint density at radius 1 is 1.26 bits per heavy atom. The number of aryl methyl sites for hydroxylation is 2. The molecule has 0 aliphatic rings. The van der Waals surface area contributed by atoms with Crippen molar-refractivity contribution in [2.24, 2.45) is 11.4 Å². The highest BCUT2D eigenvalue weighted by atomic mass is 32.2. The molecule has 8 heteroatoms. The van der Waals surface area contributed by atoms with Crippen molar-refractivity contribution >= 4 is 38.4 Å². The first-order valence-corrected chi connectivity index (χ1v) is 11.3. The van der Waals surface area contributed by atoms with Gasteiger partial charge in [-0.2, -0.15) is 9.46 Å². The van der Waals surface area contributed by atoms with E-state index in [4.69, 9.17) is 0 Å². The highest BCUT2D eigenvalue weighted by molar-refractivity contribution is 8.00. The Hall–Kier alpha value is -2.19. The van der Waals surface area contributed by atoms with Gasteiger partial charge in [0.15, 0.2) is 5.65 Å². The zero-order chi connectivity index (χ0) is 19.8. The van der Waals surface area contributed by atoms with E-state index in [1.54, 1.807) is 40.7 Å². The first-order valence-electron chi connectivity index (χ1n) is 8.51. The molecule has 1 aromatic carbocycles. The third-order valence-electron chi connectivity index (χ3n) is 4.00. The molecule has 0 aliphatic carbocycles. The SMILES string of the molecule is Cc1nn(C)c2ncc(C(=O)N=S(C)(=O)c3ccccc3)c(SC(C)C)c12. The molecule has 2 aromatic heterocycles. The molecule has 27 heavy (non-hydrogen) atoms. The summed E-state index contributed by atoms with van der Waals surface area (Å²) in [6, 6.07) is 8.84. The van der Waals surface area contributed by atoms with E-state index >= 15 is 0 Å². The number of thioether (sulfide) groups is 1. The number of rotatable bonds is 4. The number of hydrogen-bond donors (Lipinski definition) is 0. The Bertz CT molecular complexity index is 1130. The average molecular weight is 403 g/mol. The van der Waals surface area contributed by atoms with Gasteiger partial charge in [0, 0.05) is 34.5 Å². The maximum absolute atomic E-state index is 13.0. The molecule has 0 radical (unpaired) electrons. The van der Waals surface area contributed by atoms with Crippen LogP contribution in [-0.2, 0) is 16.8 Å². The number of nitrogens with zero attached hydrogens (tertiary/aromatic N) is 4. The van der Waals surface area contributed by atoms with Gasteiger partial charge in [-0.05, 0) is 19.1 Å². The lowest BCUT2D eigenvalue weighted by Crippen LogP contribution is -2.07. The molecule has 3 aromatic rings. The summed E-state index contributed by atoms with van der Waals surface area (Å²) in [5.41, 5.74) is 1.88. The number of benzene rings is 1. The van der Waals surface area contributed by atoms with Gasteiger partial charge in [-0.25, -0.2) is 9.19 Å². The predicted molar refractivity (Wildman–Crippen MR) is 110 cm³/mol. The van der Waals surface area contributed by atoms with Crippen molar-refractivity contribution in [1.82, 2.24) is 14.8 Å². The second kappa shape index (κ2) is 7.44. The summed E-state index contributed by atoms with van der Waals surface area (Å²) in [5, 5.41) is 5.52. The lowest BCUT2D eigenvalue weighted by Gasteiger charge is -2.11. The maximum Gasteiger partial charge on any atom is 0.288 e. The molecular weight excluding hydrogens is 380 g/mol. The summed E-state index contributed by atoms with van der Waals surface area (Å²) >= 11 is 1.57. The molecule has 6 nitrogen and oxygen atoms in total. The fourth-order valence-electron chi connectivity index (χ4n) is 2.82. The summed E-state index contributed by atoms with van der Waals surface area (Å²) in [6.07, 6.45) is 3.00. The average Bonchev–Trinajstić information content (AvgIpc) is 2.89. The van der Waals surface area contributed by atoms with Crippen molar-refractivity contribution in [3.05, 3.63) is 47.8 Å². The van der Waals surface area contributed by atoms with Crippen LogP contribution in [0.3, 0.4) is 0 Å². The molecular formula is C19H22N4O2S2. The van der Waals surface area contributed by atoms with Crippen LogP contribution >= 0.6 is 11.8 Å². The zero-order valence-corrected chi connectivity index (χ0v) is 17.6. The number of carbonyl (C=O) groups is 1. The predicted octanol–water partition coefficient (Wildman–Crippen LogP) is 4.07. The zero-order valence-electron chi connectivity index (χ0n) is 16.0. The first kappa shape index (κ1) is 19.6. The van der Waals surface area contributed by atoms with E-state index in [0.717, 1.165) is 16.0 Å². The van der Waals surface area contributed by atoms with Gasteiger partial charge in [-0.3, -0.25) is 9.48 Å². The van der Waals surface area contributed by atoms with Crippen LogP contribution in [0.25, 0.3) is 11.0 Å². The van der Waals surface area contributed by atoms with Crippen LogP contribution in [0.15, 0.2) is 50.7 Å². The van der Waals surface area contributed by atoms with Gasteiger partial charge in [0.2, 0.25) is 0 Å². The lowest BCUT2D eigenvalue weighted by atomic mass is 10.2. The van der Waals surface area contributed by atoms with Crippen LogP contribution in [0, 0.1) is 6.92 Å². The van der Waals surface area contributed by atoms with E-state index in [9.17, 15) is 9.00 Å². The summed E-state index contributed by atoms with van der Waals surface area (Å²) < 4.78 is 18.8. The molecule has 0 saturated carbocycles.